The molecule has 4 rings (SSSR count). The van der Waals surface area contributed by atoms with Crippen LogP contribution in [0.1, 0.15) is 88.5 Å². The average Bonchev–Trinajstić information content (AvgIpc) is 3.20. The standard InChI is InChI=1S/C33H41NO4S/c1-8-37-31(36)29(38-32(3,4)5)27-22(2)39-30(28(27)24-14-17-33(6,7)18-15-24)25-16-19-34(26(35)20-25)21-23-12-10-9-11-13-23/h9-14,16,19-20,29H,8,15,17-18,21H2,1-7H3. The summed E-state index contributed by atoms with van der Waals surface area (Å²) in [7, 11) is 0. The number of carbonyl (C=O) groups is 1. The first-order valence-electron chi connectivity index (χ1n) is 13.8. The van der Waals surface area contributed by atoms with Gasteiger partial charge in [-0.2, -0.15) is 0 Å². The van der Waals surface area contributed by atoms with Gasteiger partial charge in [-0.15, -0.1) is 11.3 Å². The second-order valence-electron chi connectivity index (χ2n) is 12.1. The van der Waals surface area contributed by atoms with Crippen LogP contribution in [0.4, 0.5) is 0 Å². The summed E-state index contributed by atoms with van der Waals surface area (Å²) >= 11 is 1.62. The fourth-order valence-electron chi connectivity index (χ4n) is 5.06. The van der Waals surface area contributed by atoms with E-state index in [1.807, 2.05) is 77.2 Å². The number of thiophene rings is 1. The van der Waals surface area contributed by atoms with E-state index in [0.29, 0.717) is 6.54 Å². The molecule has 1 atom stereocenters. The van der Waals surface area contributed by atoms with Crippen molar-refractivity contribution in [2.75, 3.05) is 6.61 Å². The molecule has 1 unspecified atom stereocenters. The summed E-state index contributed by atoms with van der Waals surface area (Å²) < 4.78 is 13.6. The second-order valence-corrected chi connectivity index (χ2v) is 13.3. The molecule has 208 valence electrons. The van der Waals surface area contributed by atoms with Gasteiger partial charge in [0, 0.05) is 33.1 Å². The van der Waals surface area contributed by atoms with Crippen molar-refractivity contribution in [3.63, 3.8) is 0 Å². The first-order valence-corrected chi connectivity index (χ1v) is 14.6. The van der Waals surface area contributed by atoms with Crippen molar-refractivity contribution in [1.29, 1.82) is 0 Å². The van der Waals surface area contributed by atoms with E-state index in [0.717, 1.165) is 51.3 Å². The van der Waals surface area contributed by atoms with E-state index in [1.54, 1.807) is 22.0 Å². The van der Waals surface area contributed by atoms with Gasteiger partial charge in [-0.1, -0.05) is 50.3 Å². The minimum atomic E-state index is -0.848. The predicted molar refractivity (Wildman–Crippen MR) is 160 cm³/mol. The molecule has 0 spiro atoms. The van der Waals surface area contributed by atoms with Crippen molar-refractivity contribution in [3.05, 3.63) is 86.7 Å². The van der Waals surface area contributed by atoms with Gasteiger partial charge in [-0.05, 0) is 82.1 Å². The number of pyridine rings is 1. The minimum Gasteiger partial charge on any atom is -0.464 e. The van der Waals surface area contributed by atoms with Gasteiger partial charge in [0.1, 0.15) is 0 Å². The maximum Gasteiger partial charge on any atom is 0.340 e. The normalized spacial score (nSPS) is 16.0. The molecule has 0 saturated heterocycles. The van der Waals surface area contributed by atoms with Crippen LogP contribution in [0, 0.1) is 12.3 Å². The Kier molecular flexibility index (Phi) is 8.67. The summed E-state index contributed by atoms with van der Waals surface area (Å²) in [5.74, 6) is -0.379. The van der Waals surface area contributed by atoms with Crippen molar-refractivity contribution < 1.29 is 14.3 Å². The predicted octanol–water partition coefficient (Wildman–Crippen LogP) is 7.95. The molecule has 2 heterocycles. The Morgan fingerprint density at radius 2 is 1.87 bits per heavy atom. The van der Waals surface area contributed by atoms with Crippen molar-refractivity contribution in [2.45, 2.75) is 86.0 Å². The lowest BCUT2D eigenvalue weighted by molar-refractivity contribution is -0.166. The van der Waals surface area contributed by atoms with E-state index < -0.39 is 11.7 Å². The van der Waals surface area contributed by atoms with Crippen LogP contribution in [-0.2, 0) is 20.8 Å². The first-order chi connectivity index (χ1) is 18.4. The quantitative estimate of drug-likeness (QED) is 0.269. The first kappa shape index (κ1) is 29.0. The van der Waals surface area contributed by atoms with E-state index in [2.05, 4.69) is 19.9 Å². The van der Waals surface area contributed by atoms with Crippen LogP contribution in [-0.4, -0.2) is 22.7 Å². The number of benzene rings is 1. The van der Waals surface area contributed by atoms with Gasteiger partial charge < -0.3 is 14.0 Å². The number of allylic oxidation sites excluding steroid dienone is 2. The average molecular weight is 548 g/mol. The third-order valence-electron chi connectivity index (χ3n) is 7.11. The molecule has 1 aliphatic carbocycles. The summed E-state index contributed by atoms with van der Waals surface area (Å²) in [6.45, 7) is 15.1. The van der Waals surface area contributed by atoms with Crippen molar-refractivity contribution in [3.8, 4) is 10.4 Å². The molecule has 0 fully saturated rings. The largest absolute Gasteiger partial charge is 0.464 e. The number of rotatable bonds is 8. The Hall–Kier alpha value is -2.96. The van der Waals surface area contributed by atoms with Crippen LogP contribution in [0.3, 0.4) is 0 Å². The Bertz CT molecular complexity index is 1410. The van der Waals surface area contributed by atoms with Gasteiger partial charge in [-0.25, -0.2) is 4.79 Å². The maximum absolute atomic E-state index is 13.3. The molecule has 6 heteroatoms. The summed E-state index contributed by atoms with van der Waals surface area (Å²) in [5.41, 5.74) is 4.67. The number of hydrogen-bond acceptors (Lipinski definition) is 5. The molecule has 0 saturated carbocycles. The lowest BCUT2D eigenvalue weighted by atomic mass is 9.76. The van der Waals surface area contributed by atoms with E-state index in [-0.39, 0.29) is 23.6 Å². The summed E-state index contributed by atoms with van der Waals surface area (Å²) in [6, 6.07) is 13.7. The monoisotopic (exact) mass is 547 g/mol. The number of hydrogen-bond donors (Lipinski definition) is 0. The van der Waals surface area contributed by atoms with E-state index in [1.165, 1.54) is 5.57 Å². The zero-order valence-electron chi connectivity index (χ0n) is 24.3. The van der Waals surface area contributed by atoms with Crippen molar-refractivity contribution >= 4 is 22.9 Å². The molecule has 5 nitrogen and oxygen atoms in total. The van der Waals surface area contributed by atoms with Gasteiger partial charge in [0.25, 0.3) is 5.56 Å². The minimum absolute atomic E-state index is 0.0541. The van der Waals surface area contributed by atoms with Crippen LogP contribution in [0.25, 0.3) is 16.0 Å². The Balaban J connectivity index is 1.86. The molecule has 0 aliphatic heterocycles. The molecule has 0 amide bonds. The van der Waals surface area contributed by atoms with Crippen LogP contribution in [0.2, 0.25) is 0 Å². The highest BCUT2D eigenvalue weighted by atomic mass is 32.1. The Labute approximate surface area is 236 Å². The lowest BCUT2D eigenvalue weighted by Crippen LogP contribution is -2.29. The SMILES string of the molecule is CCOC(=O)C(OC(C)(C)C)c1c(C)sc(-c2ccn(Cc3ccccc3)c(=O)c2)c1C1=CCC(C)(C)CC1. The van der Waals surface area contributed by atoms with Gasteiger partial charge in [0.15, 0.2) is 6.10 Å². The highest BCUT2D eigenvalue weighted by Crippen LogP contribution is 2.48. The smallest absolute Gasteiger partial charge is 0.340 e. The Morgan fingerprint density at radius 3 is 2.46 bits per heavy atom. The highest BCUT2D eigenvalue weighted by Gasteiger charge is 2.36. The third kappa shape index (κ3) is 6.98. The van der Waals surface area contributed by atoms with E-state index in [4.69, 9.17) is 9.47 Å². The molecular formula is C33H41NO4S. The number of carbonyl (C=O) groups excluding carboxylic acids is 1. The van der Waals surface area contributed by atoms with Gasteiger partial charge in [0.2, 0.25) is 0 Å². The van der Waals surface area contributed by atoms with Gasteiger partial charge in [0.05, 0.1) is 18.8 Å². The molecule has 1 aromatic carbocycles. The van der Waals surface area contributed by atoms with Crippen LogP contribution < -0.4 is 5.56 Å². The molecular weight excluding hydrogens is 506 g/mol. The van der Waals surface area contributed by atoms with Gasteiger partial charge >= 0.3 is 5.97 Å². The number of esters is 1. The zero-order valence-corrected chi connectivity index (χ0v) is 25.1. The zero-order chi connectivity index (χ0) is 28.4. The second kappa shape index (κ2) is 11.6. The van der Waals surface area contributed by atoms with Crippen LogP contribution in [0.5, 0.6) is 0 Å². The number of aryl methyl sites for hydroxylation is 1. The maximum atomic E-state index is 13.3. The van der Waals surface area contributed by atoms with Crippen LogP contribution >= 0.6 is 11.3 Å². The summed E-state index contributed by atoms with van der Waals surface area (Å²) in [5, 5.41) is 0. The molecule has 1 aliphatic rings. The highest BCUT2D eigenvalue weighted by molar-refractivity contribution is 7.16. The molecule has 0 bridgehead atoms. The molecule has 39 heavy (non-hydrogen) atoms. The third-order valence-corrected chi connectivity index (χ3v) is 8.28. The van der Waals surface area contributed by atoms with Crippen LogP contribution in [0.15, 0.2) is 59.5 Å². The molecule has 0 radical (unpaired) electrons. The lowest BCUT2D eigenvalue weighted by Gasteiger charge is -2.31. The van der Waals surface area contributed by atoms with E-state index in [9.17, 15) is 9.59 Å². The van der Waals surface area contributed by atoms with Gasteiger partial charge in [-0.3, -0.25) is 4.79 Å². The molecule has 0 N–H and O–H groups in total. The number of ether oxygens (including phenoxy) is 2. The topological polar surface area (TPSA) is 57.5 Å². The molecule has 3 aromatic rings. The summed E-state index contributed by atoms with van der Waals surface area (Å²) in [4.78, 5) is 28.6. The fraction of sp³-hybridized carbons (Fsp3) is 0.455. The fourth-order valence-corrected chi connectivity index (χ4v) is 6.27. The summed E-state index contributed by atoms with van der Waals surface area (Å²) in [6.07, 6.45) is 6.25. The Morgan fingerprint density at radius 1 is 1.15 bits per heavy atom. The molecule has 2 aromatic heterocycles. The number of nitrogens with zero attached hydrogens (tertiary/aromatic N) is 1. The number of aromatic nitrogens is 1. The van der Waals surface area contributed by atoms with E-state index >= 15 is 0 Å². The van der Waals surface area contributed by atoms with Crippen molar-refractivity contribution in [2.24, 2.45) is 5.41 Å². The van der Waals surface area contributed by atoms with Crippen molar-refractivity contribution in [1.82, 2.24) is 4.57 Å².